The van der Waals surface area contributed by atoms with Gasteiger partial charge in [0.15, 0.2) is 11.5 Å². The average molecular weight is 310 g/mol. The predicted octanol–water partition coefficient (Wildman–Crippen LogP) is 2.31. The highest BCUT2D eigenvalue weighted by molar-refractivity contribution is 5.85. The lowest BCUT2D eigenvalue weighted by atomic mass is 10.2. The van der Waals surface area contributed by atoms with Crippen LogP contribution in [0, 0.1) is 6.92 Å². The van der Waals surface area contributed by atoms with Crippen LogP contribution in [0.15, 0.2) is 29.5 Å². The van der Waals surface area contributed by atoms with Crippen molar-refractivity contribution in [3.05, 3.63) is 35.7 Å². The van der Waals surface area contributed by atoms with E-state index < -0.39 is 13.0 Å². The number of rotatable bonds is 6. The van der Waals surface area contributed by atoms with Crippen LogP contribution in [0.25, 0.3) is 0 Å². The van der Waals surface area contributed by atoms with Crippen molar-refractivity contribution >= 4 is 12.2 Å². The van der Waals surface area contributed by atoms with Gasteiger partial charge in [0, 0.05) is 5.56 Å². The molecule has 0 amide bonds. The fourth-order valence-corrected chi connectivity index (χ4v) is 1.82. The van der Waals surface area contributed by atoms with Gasteiger partial charge in [-0.05, 0) is 19.1 Å². The Balaban J connectivity index is 2.31. The number of ether oxygens (including phenoxy) is 2. The van der Waals surface area contributed by atoms with E-state index in [9.17, 15) is 8.78 Å². The average Bonchev–Trinajstić information content (AvgIpc) is 2.80. The van der Waals surface area contributed by atoms with Gasteiger partial charge in [0.1, 0.15) is 6.61 Å². The van der Waals surface area contributed by atoms with Gasteiger partial charge < -0.3 is 15.2 Å². The lowest BCUT2D eigenvalue weighted by Gasteiger charge is -2.12. The van der Waals surface area contributed by atoms with E-state index in [2.05, 4.69) is 10.1 Å². The summed E-state index contributed by atoms with van der Waals surface area (Å²) in [5, 5.41) is 4.14. The first-order chi connectivity index (χ1) is 10.5. The molecule has 118 valence electrons. The molecule has 1 aromatic carbocycles. The molecule has 0 saturated heterocycles. The molecule has 0 aliphatic heterocycles. The summed E-state index contributed by atoms with van der Waals surface area (Å²) >= 11 is 0. The molecule has 0 bridgehead atoms. The summed E-state index contributed by atoms with van der Waals surface area (Å²) in [7, 11) is 1.43. The van der Waals surface area contributed by atoms with Gasteiger partial charge in [-0.3, -0.25) is 0 Å². The molecule has 2 rings (SSSR count). The number of benzene rings is 1. The number of hydrogen-bond acceptors (Lipinski definition) is 5. The zero-order valence-electron chi connectivity index (χ0n) is 12.2. The molecule has 2 aromatic rings. The summed E-state index contributed by atoms with van der Waals surface area (Å²) in [6.07, 6.45) is 0.508. The molecule has 0 unspecified atom stereocenters. The second-order valence-corrected chi connectivity index (χ2v) is 4.41. The van der Waals surface area contributed by atoms with Crippen LogP contribution in [-0.2, 0) is 0 Å². The molecule has 0 saturated carbocycles. The van der Waals surface area contributed by atoms with Crippen LogP contribution in [0.4, 0.5) is 14.7 Å². The quantitative estimate of drug-likeness (QED) is 0.831. The first kappa shape index (κ1) is 15.7. The van der Waals surface area contributed by atoms with Crippen molar-refractivity contribution in [1.29, 1.82) is 0 Å². The molecule has 0 radical (unpaired) electrons. The van der Waals surface area contributed by atoms with Gasteiger partial charge in [0.05, 0.1) is 25.2 Å². The van der Waals surface area contributed by atoms with Gasteiger partial charge in [-0.25, -0.2) is 18.4 Å². The molecule has 0 fully saturated rings. The highest BCUT2D eigenvalue weighted by Crippen LogP contribution is 2.30. The molecule has 0 atom stereocenters. The Labute approximate surface area is 126 Å². The van der Waals surface area contributed by atoms with Crippen LogP contribution < -0.4 is 15.2 Å². The van der Waals surface area contributed by atoms with Gasteiger partial charge in [0.2, 0.25) is 5.95 Å². The first-order valence-corrected chi connectivity index (χ1v) is 6.45. The molecule has 0 spiro atoms. The third-order valence-electron chi connectivity index (χ3n) is 2.74. The zero-order valence-corrected chi connectivity index (χ0v) is 12.2. The van der Waals surface area contributed by atoms with Gasteiger partial charge in [-0.15, -0.1) is 0 Å². The minimum atomic E-state index is -2.58. The molecule has 6 nitrogen and oxygen atoms in total. The fraction of sp³-hybridized carbons (Fsp3) is 0.286. The maximum Gasteiger partial charge on any atom is 0.272 e. The van der Waals surface area contributed by atoms with E-state index >= 15 is 0 Å². The standard InChI is InChI=1S/C14H16F2N4O2/c1-9-7-20(14(17)19-9)18-6-10-4-3-5-11(21-2)13(10)22-8-12(15)16/h3-7,12H,8H2,1-2H3,(H2,17,19). The smallest absolute Gasteiger partial charge is 0.272 e. The minimum absolute atomic E-state index is 0.199. The van der Waals surface area contributed by atoms with E-state index in [1.807, 2.05) is 0 Å². The van der Waals surface area contributed by atoms with E-state index in [0.29, 0.717) is 11.3 Å². The second kappa shape index (κ2) is 6.88. The summed E-state index contributed by atoms with van der Waals surface area (Å²) in [5.74, 6) is 0.774. The number of methoxy groups -OCH3 is 1. The van der Waals surface area contributed by atoms with E-state index in [1.165, 1.54) is 18.0 Å². The number of para-hydroxylation sites is 1. The van der Waals surface area contributed by atoms with E-state index in [4.69, 9.17) is 15.2 Å². The summed E-state index contributed by atoms with van der Waals surface area (Å²) in [6, 6.07) is 5.00. The molecule has 0 aliphatic rings. The number of anilines is 1. The molecule has 22 heavy (non-hydrogen) atoms. The van der Waals surface area contributed by atoms with E-state index in [0.717, 1.165) is 5.69 Å². The van der Waals surface area contributed by atoms with Crippen molar-refractivity contribution < 1.29 is 18.3 Å². The number of alkyl halides is 2. The summed E-state index contributed by atoms with van der Waals surface area (Å²) in [4.78, 5) is 4.01. The SMILES string of the molecule is COc1cccc(C=Nn2cc(C)nc2N)c1OCC(F)F. The summed E-state index contributed by atoms with van der Waals surface area (Å²) in [6.45, 7) is 1.05. The predicted molar refractivity (Wildman–Crippen MR) is 78.9 cm³/mol. The van der Waals surface area contributed by atoms with E-state index in [1.54, 1.807) is 31.3 Å². The Morgan fingerprint density at radius 1 is 1.45 bits per heavy atom. The first-order valence-electron chi connectivity index (χ1n) is 6.45. The number of halogens is 2. The minimum Gasteiger partial charge on any atom is -0.493 e. The Hall–Kier alpha value is -2.64. The number of hydrogen-bond donors (Lipinski definition) is 1. The maximum absolute atomic E-state index is 12.4. The number of nitrogen functional groups attached to an aromatic ring is 1. The topological polar surface area (TPSA) is 74.7 Å². The zero-order chi connectivity index (χ0) is 16.1. The van der Waals surface area contributed by atoms with Crippen LogP contribution >= 0.6 is 0 Å². The maximum atomic E-state index is 12.4. The number of aromatic nitrogens is 2. The Kier molecular flexibility index (Phi) is 4.92. The lowest BCUT2D eigenvalue weighted by Crippen LogP contribution is -2.09. The third-order valence-corrected chi connectivity index (χ3v) is 2.74. The van der Waals surface area contributed by atoms with Gasteiger partial charge >= 0.3 is 0 Å². The highest BCUT2D eigenvalue weighted by atomic mass is 19.3. The molecule has 1 heterocycles. The monoisotopic (exact) mass is 310 g/mol. The molecule has 0 aliphatic carbocycles. The van der Waals surface area contributed by atoms with Crippen LogP contribution in [0.5, 0.6) is 11.5 Å². The summed E-state index contributed by atoms with van der Waals surface area (Å²) < 4.78 is 36.4. The van der Waals surface area contributed by atoms with Crippen molar-refractivity contribution in [2.45, 2.75) is 13.3 Å². The van der Waals surface area contributed by atoms with E-state index in [-0.39, 0.29) is 11.7 Å². The number of aryl methyl sites for hydroxylation is 1. The van der Waals surface area contributed by atoms with Crippen molar-refractivity contribution in [2.75, 3.05) is 19.5 Å². The number of nitrogens with zero attached hydrogens (tertiary/aromatic N) is 3. The highest BCUT2D eigenvalue weighted by Gasteiger charge is 2.12. The molecular weight excluding hydrogens is 294 g/mol. The van der Waals surface area contributed by atoms with Crippen LogP contribution in [0.3, 0.4) is 0 Å². The molecular formula is C14H16F2N4O2. The van der Waals surface area contributed by atoms with Crippen LogP contribution in [0.2, 0.25) is 0 Å². The van der Waals surface area contributed by atoms with Crippen LogP contribution in [-0.4, -0.2) is 36.0 Å². The molecule has 2 N–H and O–H groups in total. The fourth-order valence-electron chi connectivity index (χ4n) is 1.82. The normalized spacial score (nSPS) is 11.3. The van der Waals surface area contributed by atoms with Crippen molar-refractivity contribution in [3.63, 3.8) is 0 Å². The number of imidazole rings is 1. The van der Waals surface area contributed by atoms with Gasteiger partial charge in [-0.2, -0.15) is 5.10 Å². The van der Waals surface area contributed by atoms with Crippen LogP contribution in [0.1, 0.15) is 11.3 Å². The van der Waals surface area contributed by atoms with Crippen molar-refractivity contribution in [2.24, 2.45) is 5.10 Å². The van der Waals surface area contributed by atoms with Crippen molar-refractivity contribution in [1.82, 2.24) is 9.66 Å². The van der Waals surface area contributed by atoms with Gasteiger partial charge in [-0.1, -0.05) is 6.07 Å². The second-order valence-electron chi connectivity index (χ2n) is 4.41. The van der Waals surface area contributed by atoms with Crippen molar-refractivity contribution in [3.8, 4) is 11.5 Å². The number of nitrogens with two attached hydrogens (primary N) is 1. The molecule has 1 aromatic heterocycles. The lowest BCUT2D eigenvalue weighted by molar-refractivity contribution is 0.0804. The Morgan fingerprint density at radius 2 is 2.23 bits per heavy atom. The van der Waals surface area contributed by atoms with Gasteiger partial charge in [0.25, 0.3) is 6.43 Å². The largest absolute Gasteiger partial charge is 0.493 e. The molecule has 8 heteroatoms. The summed E-state index contributed by atoms with van der Waals surface area (Å²) in [5.41, 5.74) is 6.89. The Bertz CT molecular complexity index is 671. The third kappa shape index (κ3) is 3.72. The Morgan fingerprint density at radius 3 is 2.82 bits per heavy atom.